The Morgan fingerprint density at radius 1 is 0.793 bits per heavy atom. The molecule has 1 aromatic heterocycles. The molecule has 0 bridgehead atoms. The minimum Gasteiger partial charge on any atom is -0.493 e. The third-order valence-electron chi connectivity index (χ3n) is 4.86. The van der Waals surface area contributed by atoms with E-state index in [-0.39, 0.29) is 5.56 Å². The van der Waals surface area contributed by atoms with Crippen LogP contribution in [0.3, 0.4) is 0 Å². The van der Waals surface area contributed by atoms with Gasteiger partial charge >= 0.3 is 5.69 Å². The highest BCUT2D eigenvalue weighted by Crippen LogP contribution is 2.28. The minimum absolute atomic E-state index is 0.355. The Morgan fingerprint density at radius 3 is 2.21 bits per heavy atom. The van der Waals surface area contributed by atoms with Gasteiger partial charge in [-0.05, 0) is 29.8 Å². The van der Waals surface area contributed by atoms with Crippen molar-refractivity contribution in [3.05, 3.63) is 99.2 Å². The highest BCUT2D eigenvalue weighted by molar-refractivity contribution is 5.78. The largest absolute Gasteiger partial charge is 0.493 e. The van der Waals surface area contributed by atoms with Gasteiger partial charge in [0.15, 0.2) is 11.5 Å². The lowest BCUT2D eigenvalue weighted by Gasteiger charge is -2.15. The number of methoxy groups -OCH3 is 2. The van der Waals surface area contributed by atoms with Crippen LogP contribution in [-0.4, -0.2) is 23.4 Å². The number of hydrogen-bond donors (Lipinski definition) is 0. The lowest BCUT2D eigenvalue weighted by atomic mass is 10.2. The molecule has 146 valence electrons. The molecule has 0 atom stereocenters. The summed E-state index contributed by atoms with van der Waals surface area (Å²) >= 11 is 0. The molecule has 6 heteroatoms. The predicted molar refractivity (Wildman–Crippen MR) is 112 cm³/mol. The van der Waals surface area contributed by atoms with Gasteiger partial charge in [-0.2, -0.15) is 0 Å². The SMILES string of the molecule is COc1ccc(-n2c(=O)c3ccccc3n(Cc3ccccc3)c2=O)cc1OC. The fourth-order valence-corrected chi connectivity index (χ4v) is 3.43. The van der Waals surface area contributed by atoms with Crippen LogP contribution in [0.2, 0.25) is 0 Å². The standard InChI is InChI=1S/C23H20N2O4/c1-28-20-13-12-17(14-21(20)29-2)25-22(26)18-10-6-7-11-19(18)24(23(25)27)15-16-8-4-3-5-9-16/h3-14H,15H2,1-2H3. The quantitative estimate of drug-likeness (QED) is 0.527. The number of benzene rings is 3. The number of aromatic nitrogens is 2. The van der Waals surface area contributed by atoms with E-state index in [9.17, 15) is 9.59 Å². The van der Waals surface area contributed by atoms with Crippen LogP contribution >= 0.6 is 0 Å². The molecule has 0 aliphatic rings. The van der Waals surface area contributed by atoms with E-state index in [2.05, 4.69) is 0 Å². The molecule has 0 amide bonds. The van der Waals surface area contributed by atoms with Crippen LogP contribution in [-0.2, 0) is 6.54 Å². The van der Waals surface area contributed by atoms with E-state index >= 15 is 0 Å². The maximum absolute atomic E-state index is 13.4. The monoisotopic (exact) mass is 388 g/mol. The normalized spacial score (nSPS) is 10.8. The molecule has 4 aromatic rings. The molecule has 0 spiro atoms. The summed E-state index contributed by atoms with van der Waals surface area (Å²) in [4.78, 5) is 26.6. The van der Waals surface area contributed by atoms with Crippen LogP contribution in [0.4, 0.5) is 0 Å². The summed E-state index contributed by atoms with van der Waals surface area (Å²) in [6.45, 7) is 0.355. The highest BCUT2D eigenvalue weighted by Gasteiger charge is 2.16. The average molecular weight is 388 g/mol. The molecule has 0 radical (unpaired) electrons. The zero-order valence-corrected chi connectivity index (χ0v) is 16.2. The molecule has 0 saturated carbocycles. The third-order valence-corrected chi connectivity index (χ3v) is 4.86. The van der Waals surface area contributed by atoms with Crippen molar-refractivity contribution in [2.45, 2.75) is 6.54 Å². The van der Waals surface area contributed by atoms with Crippen LogP contribution in [0.1, 0.15) is 5.56 Å². The Bertz CT molecular complexity index is 1290. The van der Waals surface area contributed by atoms with Gasteiger partial charge in [0, 0.05) is 6.07 Å². The molecule has 0 fully saturated rings. The van der Waals surface area contributed by atoms with Gasteiger partial charge in [0.1, 0.15) is 0 Å². The van der Waals surface area contributed by atoms with E-state index in [1.165, 1.54) is 18.8 Å². The lowest BCUT2D eigenvalue weighted by Crippen LogP contribution is -2.39. The van der Waals surface area contributed by atoms with Crippen molar-refractivity contribution in [3.63, 3.8) is 0 Å². The van der Waals surface area contributed by atoms with Crippen LogP contribution in [0.15, 0.2) is 82.4 Å². The topological polar surface area (TPSA) is 62.5 Å². The van der Waals surface area contributed by atoms with Crippen molar-refractivity contribution >= 4 is 10.9 Å². The number of ether oxygens (including phenoxy) is 2. The Hall–Kier alpha value is -3.80. The Morgan fingerprint density at radius 2 is 1.48 bits per heavy atom. The molecule has 6 nitrogen and oxygen atoms in total. The molecule has 1 heterocycles. The number of fused-ring (bicyclic) bond motifs is 1. The summed E-state index contributed by atoms with van der Waals surface area (Å²) in [5.74, 6) is 0.966. The zero-order chi connectivity index (χ0) is 20.4. The number of para-hydroxylation sites is 1. The number of rotatable bonds is 5. The first-order valence-electron chi connectivity index (χ1n) is 9.15. The van der Waals surface area contributed by atoms with E-state index in [1.54, 1.807) is 41.0 Å². The first kappa shape index (κ1) is 18.6. The summed E-state index contributed by atoms with van der Waals surface area (Å²) in [5.41, 5.74) is 1.21. The summed E-state index contributed by atoms with van der Waals surface area (Å²) in [6.07, 6.45) is 0. The predicted octanol–water partition coefficient (Wildman–Crippen LogP) is 3.22. The fraction of sp³-hybridized carbons (Fsp3) is 0.130. The second-order valence-corrected chi connectivity index (χ2v) is 6.55. The van der Waals surface area contributed by atoms with Gasteiger partial charge < -0.3 is 9.47 Å². The van der Waals surface area contributed by atoms with Gasteiger partial charge in [0.05, 0.1) is 37.4 Å². The second-order valence-electron chi connectivity index (χ2n) is 6.55. The molecule has 0 saturated heterocycles. The van der Waals surface area contributed by atoms with Crippen molar-refractivity contribution in [3.8, 4) is 17.2 Å². The smallest absolute Gasteiger partial charge is 0.336 e. The molecule has 0 N–H and O–H groups in total. The van der Waals surface area contributed by atoms with Gasteiger partial charge in [-0.25, -0.2) is 9.36 Å². The maximum Gasteiger partial charge on any atom is 0.336 e. The first-order valence-corrected chi connectivity index (χ1v) is 9.15. The molecule has 0 aliphatic heterocycles. The Labute approximate surface area is 167 Å². The van der Waals surface area contributed by atoms with Gasteiger partial charge in [0.2, 0.25) is 0 Å². The van der Waals surface area contributed by atoms with Gasteiger partial charge in [-0.15, -0.1) is 0 Å². The third kappa shape index (κ3) is 3.29. The number of nitrogens with zero attached hydrogens (tertiary/aromatic N) is 2. The van der Waals surface area contributed by atoms with E-state index in [1.807, 2.05) is 36.4 Å². The molecular formula is C23H20N2O4. The maximum atomic E-state index is 13.4. The molecular weight excluding hydrogens is 368 g/mol. The first-order chi connectivity index (χ1) is 14.1. The summed E-state index contributed by atoms with van der Waals surface area (Å²) in [6, 6.07) is 21.8. The second kappa shape index (κ2) is 7.67. The summed E-state index contributed by atoms with van der Waals surface area (Å²) < 4.78 is 13.4. The van der Waals surface area contributed by atoms with Crippen LogP contribution in [0.25, 0.3) is 16.6 Å². The van der Waals surface area contributed by atoms with Crippen LogP contribution in [0.5, 0.6) is 11.5 Å². The fourth-order valence-electron chi connectivity index (χ4n) is 3.43. The van der Waals surface area contributed by atoms with E-state index < -0.39 is 5.69 Å². The van der Waals surface area contributed by atoms with Crippen LogP contribution < -0.4 is 20.7 Å². The van der Waals surface area contributed by atoms with E-state index in [4.69, 9.17) is 9.47 Å². The zero-order valence-electron chi connectivity index (χ0n) is 16.2. The number of hydrogen-bond acceptors (Lipinski definition) is 4. The van der Waals surface area contributed by atoms with Gasteiger partial charge in [-0.3, -0.25) is 9.36 Å². The van der Waals surface area contributed by atoms with Crippen molar-refractivity contribution in [2.24, 2.45) is 0 Å². The van der Waals surface area contributed by atoms with Crippen LogP contribution in [0, 0.1) is 0 Å². The Kier molecular flexibility index (Phi) is 4.91. The van der Waals surface area contributed by atoms with Crippen molar-refractivity contribution in [1.29, 1.82) is 0 Å². The average Bonchev–Trinajstić information content (AvgIpc) is 2.77. The van der Waals surface area contributed by atoms with E-state index in [0.29, 0.717) is 34.6 Å². The Balaban J connectivity index is 2.01. The molecule has 4 rings (SSSR count). The summed E-state index contributed by atoms with van der Waals surface area (Å²) in [5, 5.41) is 0.470. The molecule has 3 aromatic carbocycles. The van der Waals surface area contributed by atoms with Crippen molar-refractivity contribution in [1.82, 2.24) is 9.13 Å². The van der Waals surface area contributed by atoms with Gasteiger partial charge in [0.25, 0.3) is 5.56 Å². The van der Waals surface area contributed by atoms with Crippen molar-refractivity contribution < 1.29 is 9.47 Å². The molecule has 0 unspecified atom stereocenters. The van der Waals surface area contributed by atoms with Gasteiger partial charge in [-0.1, -0.05) is 42.5 Å². The van der Waals surface area contributed by atoms with E-state index in [0.717, 1.165) is 5.56 Å². The van der Waals surface area contributed by atoms with Crippen molar-refractivity contribution in [2.75, 3.05) is 14.2 Å². The highest BCUT2D eigenvalue weighted by atomic mass is 16.5. The minimum atomic E-state index is -0.412. The molecule has 29 heavy (non-hydrogen) atoms. The summed E-state index contributed by atoms with van der Waals surface area (Å²) in [7, 11) is 3.05. The lowest BCUT2D eigenvalue weighted by molar-refractivity contribution is 0.355. The molecule has 0 aliphatic carbocycles.